The van der Waals surface area contributed by atoms with E-state index >= 15 is 0 Å². The third kappa shape index (κ3) is 6.28. The molecular formula is C35H23BrO8. The molecule has 0 aliphatic carbocycles. The third-order valence-corrected chi connectivity index (χ3v) is 7.09. The van der Waals surface area contributed by atoms with Crippen molar-refractivity contribution >= 4 is 39.4 Å². The Balaban J connectivity index is 1.77. The van der Waals surface area contributed by atoms with Gasteiger partial charge in [-0.1, -0.05) is 107 Å². The maximum absolute atomic E-state index is 14.2. The second-order valence-corrected chi connectivity index (χ2v) is 10.4. The molecule has 0 aliphatic heterocycles. The smallest absolute Gasteiger partial charge is 0.343 e. The molecule has 218 valence electrons. The number of phenols is 2. The van der Waals surface area contributed by atoms with E-state index in [9.17, 15) is 29.4 Å². The van der Waals surface area contributed by atoms with Crippen LogP contribution in [0.15, 0.2) is 120 Å². The van der Waals surface area contributed by atoms with E-state index in [-0.39, 0.29) is 23.3 Å². The number of rotatable bonds is 9. The van der Waals surface area contributed by atoms with Crippen LogP contribution in [0.5, 0.6) is 17.2 Å². The minimum Gasteiger partial charge on any atom is -0.504 e. The van der Waals surface area contributed by atoms with Crippen LogP contribution in [0.4, 0.5) is 0 Å². The molecule has 0 saturated carbocycles. The Morgan fingerprint density at radius 1 is 0.568 bits per heavy atom. The summed E-state index contributed by atoms with van der Waals surface area (Å²) in [6.45, 7) is -0.246. The number of halogens is 1. The topological polar surface area (TPSA) is 127 Å². The first kappa shape index (κ1) is 29.9. The van der Waals surface area contributed by atoms with Gasteiger partial charge in [0, 0.05) is 15.6 Å². The van der Waals surface area contributed by atoms with Crippen molar-refractivity contribution in [3.8, 4) is 17.2 Å². The molecule has 0 unspecified atom stereocenters. The lowest BCUT2D eigenvalue weighted by Gasteiger charge is -2.20. The predicted molar refractivity (Wildman–Crippen MR) is 164 cm³/mol. The van der Waals surface area contributed by atoms with E-state index in [2.05, 4.69) is 15.9 Å². The largest absolute Gasteiger partial charge is 0.504 e. The lowest BCUT2D eigenvalue weighted by molar-refractivity contribution is 0.0464. The normalized spacial score (nSPS) is 10.6. The van der Waals surface area contributed by atoms with Crippen molar-refractivity contribution in [2.45, 2.75) is 6.61 Å². The molecule has 0 saturated heterocycles. The molecular weight excluding hydrogens is 628 g/mol. The third-order valence-electron chi connectivity index (χ3n) is 6.60. The predicted octanol–water partition coefficient (Wildman–Crippen LogP) is 6.90. The average Bonchev–Trinajstić information content (AvgIpc) is 3.06. The highest BCUT2D eigenvalue weighted by Gasteiger charge is 2.37. The summed E-state index contributed by atoms with van der Waals surface area (Å²) >= 11 is 3.31. The first-order chi connectivity index (χ1) is 21.3. The fourth-order valence-corrected chi connectivity index (χ4v) is 4.87. The van der Waals surface area contributed by atoms with Gasteiger partial charge in [0.1, 0.15) is 6.61 Å². The molecule has 0 aromatic heterocycles. The second-order valence-electron chi connectivity index (χ2n) is 9.50. The number of aromatic hydroxyl groups is 2. The summed E-state index contributed by atoms with van der Waals surface area (Å²) in [4.78, 5) is 55.1. The van der Waals surface area contributed by atoms with Crippen LogP contribution in [0.25, 0.3) is 0 Å². The van der Waals surface area contributed by atoms with Crippen LogP contribution in [0.3, 0.4) is 0 Å². The van der Waals surface area contributed by atoms with Crippen molar-refractivity contribution in [1.82, 2.24) is 0 Å². The maximum Gasteiger partial charge on any atom is 0.343 e. The van der Waals surface area contributed by atoms with E-state index in [1.165, 1.54) is 36.4 Å². The van der Waals surface area contributed by atoms with E-state index in [0.717, 1.165) is 0 Å². The highest BCUT2D eigenvalue weighted by molar-refractivity contribution is 9.10. The number of benzene rings is 5. The lowest BCUT2D eigenvalue weighted by atomic mass is 9.88. The summed E-state index contributed by atoms with van der Waals surface area (Å²) in [5.74, 6) is -6.87. The zero-order valence-electron chi connectivity index (χ0n) is 22.9. The van der Waals surface area contributed by atoms with Gasteiger partial charge in [-0.25, -0.2) is 9.59 Å². The second kappa shape index (κ2) is 13.2. The van der Waals surface area contributed by atoms with Crippen molar-refractivity contribution < 1.29 is 38.9 Å². The number of hydrogen-bond donors (Lipinski definition) is 2. The van der Waals surface area contributed by atoms with Gasteiger partial charge in [-0.05, 0) is 29.8 Å². The molecule has 5 aromatic rings. The molecule has 5 rings (SSSR count). The number of phenolic OH excluding ortho intramolecular Hbond substituents is 2. The van der Waals surface area contributed by atoms with Crippen LogP contribution in [0, 0.1) is 0 Å². The van der Waals surface area contributed by atoms with Gasteiger partial charge >= 0.3 is 11.9 Å². The van der Waals surface area contributed by atoms with Crippen molar-refractivity contribution in [3.63, 3.8) is 0 Å². The molecule has 0 aliphatic rings. The number of carbonyl (C=O) groups excluding carboxylic acids is 4. The van der Waals surface area contributed by atoms with Crippen molar-refractivity contribution in [2.24, 2.45) is 0 Å². The van der Waals surface area contributed by atoms with Crippen molar-refractivity contribution in [1.29, 1.82) is 0 Å². The van der Waals surface area contributed by atoms with Crippen molar-refractivity contribution in [3.05, 3.63) is 159 Å². The monoisotopic (exact) mass is 650 g/mol. The molecule has 0 spiro atoms. The van der Waals surface area contributed by atoms with Crippen LogP contribution >= 0.6 is 15.9 Å². The fourth-order valence-electron chi connectivity index (χ4n) is 4.47. The zero-order chi connectivity index (χ0) is 31.2. The summed E-state index contributed by atoms with van der Waals surface area (Å²) in [5, 5.41) is 22.5. The fraction of sp³-hybridized carbons (Fsp3) is 0.0286. The van der Waals surface area contributed by atoms with Crippen LogP contribution in [0.2, 0.25) is 0 Å². The Labute approximate surface area is 260 Å². The standard InChI is InChI=1S/C35H23BrO8/c36-25-18-10-17-24(19-25)30(38)28-26(35(42)43-20-21-11-4-1-5-12-21)27(29(37)22-13-6-2-7-14-22)31(39)32(40)33(28)44-34(41)23-15-8-3-9-16-23/h1-19,39-40H,20H2. The van der Waals surface area contributed by atoms with Crippen LogP contribution in [0.1, 0.15) is 58.1 Å². The first-order valence-corrected chi connectivity index (χ1v) is 14.1. The summed E-state index contributed by atoms with van der Waals surface area (Å²) < 4.78 is 11.6. The minimum atomic E-state index is -1.17. The van der Waals surface area contributed by atoms with E-state index in [0.29, 0.717) is 10.0 Å². The Hall–Kier alpha value is -5.54. The Morgan fingerprint density at radius 2 is 1.11 bits per heavy atom. The molecule has 2 N–H and O–H groups in total. The van der Waals surface area contributed by atoms with E-state index in [1.807, 2.05) is 0 Å². The average molecular weight is 651 g/mol. The SMILES string of the molecule is O=C(Oc1c(O)c(O)c(C(=O)c2ccccc2)c(C(=O)OCc2ccccc2)c1C(=O)c1cccc(Br)c1)c1ccccc1. The maximum atomic E-state index is 14.2. The van der Waals surface area contributed by atoms with Crippen LogP contribution in [-0.4, -0.2) is 33.7 Å². The van der Waals surface area contributed by atoms with Gasteiger partial charge in [0.2, 0.25) is 5.75 Å². The van der Waals surface area contributed by atoms with Gasteiger partial charge in [0.05, 0.1) is 22.3 Å². The summed E-state index contributed by atoms with van der Waals surface area (Å²) in [6.07, 6.45) is 0. The minimum absolute atomic E-state index is 0.0247. The molecule has 0 heterocycles. The van der Waals surface area contributed by atoms with E-state index in [4.69, 9.17) is 9.47 Å². The number of carbonyl (C=O) groups is 4. The van der Waals surface area contributed by atoms with Crippen LogP contribution in [-0.2, 0) is 11.3 Å². The molecule has 8 nitrogen and oxygen atoms in total. The Kier molecular flexibility index (Phi) is 8.97. The number of esters is 2. The zero-order valence-corrected chi connectivity index (χ0v) is 24.5. The number of hydrogen-bond acceptors (Lipinski definition) is 8. The van der Waals surface area contributed by atoms with Gasteiger partial charge in [-0.15, -0.1) is 0 Å². The van der Waals surface area contributed by atoms with Gasteiger partial charge in [0.25, 0.3) is 0 Å². The quantitative estimate of drug-likeness (QED) is 0.0763. The highest BCUT2D eigenvalue weighted by atomic mass is 79.9. The summed E-state index contributed by atoms with van der Waals surface area (Å²) in [5.41, 5.74) is -1.26. The number of ether oxygens (including phenoxy) is 2. The van der Waals surface area contributed by atoms with Gasteiger partial charge in [-0.2, -0.15) is 0 Å². The number of ketones is 2. The molecule has 0 amide bonds. The molecule has 9 heteroatoms. The Morgan fingerprint density at radius 3 is 1.73 bits per heavy atom. The molecule has 0 atom stereocenters. The molecule has 0 bridgehead atoms. The molecule has 0 fully saturated rings. The van der Waals surface area contributed by atoms with E-state index in [1.54, 1.807) is 78.9 Å². The molecule has 44 heavy (non-hydrogen) atoms. The van der Waals surface area contributed by atoms with Gasteiger partial charge < -0.3 is 19.7 Å². The highest BCUT2D eigenvalue weighted by Crippen LogP contribution is 2.46. The first-order valence-electron chi connectivity index (χ1n) is 13.3. The van der Waals surface area contributed by atoms with Crippen molar-refractivity contribution in [2.75, 3.05) is 0 Å². The molecule has 0 radical (unpaired) electrons. The van der Waals surface area contributed by atoms with Gasteiger partial charge in [0.15, 0.2) is 23.1 Å². The van der Waals surface area contributed by atoms with E-state index < -0.39 is 57.4 Å². The lowest BCUT2D eigenvalue weighted by Crippen LogP contribution is -2.21. The molecule has 5 aromatic carbocycles. The van der Waals surface area contributed by atoms with Gasteiger partial charge in [-0.3, -0.25) is 9.59 Å². The Bertz CT molecular complexity index is 1870. The summed E-state index contributed by atoms with van der Waals surface area (Å²) in [6, 6.07) is 30.2. The van der Waals surface area contributed by atoms with Crippen LogP contribution < -0.4 is 4.74 Å². The summed E-state index contributed by atoms with van der Waals surface area (Å²) in [7, 11) is 0.